The van der Waals surface area contributed by atoms with Gasteiger partial charge in [0.1, 0.15) is 5.58 Å². The van der Waals surface area contributed by atoms with Crippen LogP contribution < -0.4 is 5.73 Å². The lowest BCUT2D eigenvalue weighted by Crippen LogP contribution is -2.44. The maximum Gasteiger partial charge on any atom is 0.227 e. The molecule has 0 saturated carbocycles. The number of hydrogen-bond acceptors (Lipinski definition) is 3. The predicted molar refractivity (Wildman–Crippen MR) is 90.4 cm³/mol. The zero-order chi connectivity index (χ0) is 16.7. The van der Waals surface area contributed by atoms with Gasteiger partial charge in [-0.1, -0.05) is 0 Å². The molecular weight excluding hydrogens is 304 g/mol. The highest BCUT2D eigenvalue weighted by molar-refractivity contribution is 5.89. The van der Waals surface area contributed by atoms with Gasteiger partial charge in [-0.25, -0.2) is 0 Å². The van der Waals surface area contributed by atoms with Crippen LogP contribution in [0.3, 0.4) is 0 Å². The quantitative estimate of drug-likeness (QED) is 0.939. The first-order chi connectivity index (χ1) is 11.6. The van der Waals surface area contributed by atoms with Crippen molar-refractivity contribution in [2.45, 2.75) is 38.5 Å². The van der Waals surface area contributed by atoms with Gasteiger partial charge in [-0.05, 0) is 55.4 Å². The van der Waals surface area contributed by atoms with Gasteiger partial charge in [-0.15, -0.1) is 0 Å². The van der Waals surface area contributed by atoms with E-state index >= 15 is 0 Å². The second-order valence-corrected chi connectivity index (χ2v) is 6.99. The van der Waals surface area contributed by atoms with Crippen LogP contribution in [0.2, 0.25) is 0 Å². The van der Waals surface area contributed by atoms with Gasteiger partial charge in [0, 0.05) is 24.0 Å². The summed E-state index contributed by atoms with van der Waals surface area (Å²) in [5, 5.41) is 1.05. The van der Waals surface area contributed by atoms with Gasteiger partial charge < -0.3 is 15.1 Å². The zero-order valence-electron chi connectivity index (χ0n) is 13.7. The van der Waals surface area contributed by atoms with E-state index in [1.807, 2.05) is 0 Å². The monoisotopic (exact) mass is 326 g/mol. The third kappa shape index (κ3) is 2.68. The average molecular weight is 326 g/mol. The molecule has 1 saturated heterocycles. The Hall–Kier alpha value is -2.30. The SMILES string of the molecule is NC(=O)C1CCCN(C(=O)Cc2coc3cc4c(cc23)CCC4)C1. The fourth-order valence-electron chi connectivity index (χ4n) is 4.00. The molecule has 1 aromatic carbocycles. The zero-order valence-corrected chi connectivity index (χ0v) is 13.7. The summed E-state index contributed by atoms with van der Waals surface area (Å²) in [6, 6.07) is 4.31. The first-order valence-electron chi connectivity index (χ1n) is 8.71. The number of primary amides is 1. The van der Waals surface area contributed by atoms with Gasteiger partial charge >= 0.3 is 0 Å². The second kappa shape index (κ2) is 5.96. The standard InChI is InChI=1S/C19H22N2O3/c20-19(23)14-5-2-6-21(10-14)18(22)9-15-11-24-17-8-13-4-1-3-12(13)7-16(15)17/h7-8,11,14H,1-6,9-10H2,(H2,20,23). The molecule has 4 rings (SSSR count). The molecule has 2 aliphatic rings. The Morgan fingerprint density at radius 2 is 2.00 bits per heavy atom. The van der Waals surface area contributed by atoms with E-state index in [0.717, 1.165) is 42.2 Å². The largest absolute Gasteiger partial charge is 0.464 e. The molecule has 1 fully saturated rings. The molecule has 0 radical (unpaired) electrons. The van der Waals surface area contributed by atoms with Crippen molar-refractivity contribution in [2.24, 2.45) is 11.7 Å². The highest BCUT2D eigenvalue weighted by Crippen LogP contribution is 2.31. The Kier molecular flexibility index (Phi) is 3.79. The number of carbonyl (C=O) groups excluding carboxylic acids is 2. The molecule has 1 aromatic heterocycles. The first-order valence-corrected chi connectivity index (χ1v) is 8.71. The summed E-state index contributed by atoms with van der Waals surface area (Å²) in [5.41, 5.74) is 9.95. The molecule has 2 heterocycles. The minimum atomic E-state index is -0.308. The van der Waals surface area contributed by atoms with Crippen LogP contribution in [0, 0.1) is 5.92 Å². The molecule has 1 atom stereocenters. The molecule has 5 heteroatoms. The molecule has 1 unspecified atom stereocenters. The van der Waals surface area contributed by atoms with E-state index in [1.54, 1.807) is 11.2 Å². The van der Waals surface area contributed by atoms with Crippen molar-refractivity contribution in [1.29, 1.82) is 0 Å². The Morgan fingerprint density at radius 1 is 1.21 bits per heavy atom. The van der Waals surface area contributed by atoms with E-state index in [0.29, 0.717) is 19.5 Å². The van der Waals surface area contributed by atoms with Crippen LogP contribution in [0.1, 0.15) is 36.0 Å². The number of amides is 2. The Morgan fingerprint density at radius 3 is 2.79 bits per heavy atom. The van der Waals surface area contributed by atoms with E-state index in [1.165, 1.54) is 17.5 Å². The molecule has 2 aromatic rings. The Bertz CT molecular complexity index is 808. The van der Waals surface area contributed by atoms with Crippen molar-refractivity contribution in [3.8, 4) is 0 Å². The third-order valence-electron chi connectivity index (χ3n) is 5.39. The lowest BCUT2D eigenvalue weighted by atomic mass is 9.96. The van der Waals surface area contributed by atoms with Crippen molar-refractivity contribution in [3.05, 3.63) is 35.1 Å². The maximum atomic E-state index is 12.6. The summed E-state index contributed by atoms with van der Waals surface area (Å²) in [6.45, 7) is 1.15. The topological polar surface area (TPSA) is 76.5 Å². The summed E-state index contributed by atoms with van der Waals surface area (Å²) < 4.78 is 5.68. The number of hydrogen-bond donors (Lipinski definition) is 1. The number of benzene rings is 1. The van der Waals surface area contributed by atoms with Crippen molar-refractivity contribution in [2.75, 3.05) is 13.1 Å². The molecule has 0 spiro atoms. The van der Waals surface area contributed by atoms with E-state index < -0.39 is 0 Å². The molecule has 1 aliphatic carbocycles. The van der Waals surface area contributed by atoms with Crippen molar-refractivity contribution >= 4 is 22.8 Å². The molecule has 0 bridgehead atoms. The Balaban J connectivity index is 1.53. The molecule has 24 heavy (non-hydrogen) atoms. The van der Waals surface area contributed by atoms with Crippen molar-refractivity contribution in [1.82, 2.24) is 4.90 Å². The van der Waals surface area contributed by atoms with Gasteiger partial charge in [-0.3, -0.25) is 9.59 Å². The normalized spacial score (nSPS) is 20.3. The highest BCUT2D eigenvalue weighted by Gasteiger charge is 2.27. The summed E-state index contributed by atoms with van der Waals surface area (Å²) in [5.74, 6) is -0.479. The summed E-state index contributed by atoms with van der Waals surface area (Å²) in [4.78, 5) is 25.8. The van der Waals surface area contributed by atoms with Crippen molar-refractivity contribution in [3.63, 3.8) is 0 Å². The number of furan rings is 1. The lowest BCUT2D eigenvalue weighted by molar-refractivity contribution is -0.134. The van der Waals surface area contributed by atoms with Gasteiger partial charge in [-0.2, -0.15) is 0 Å². The van der Waals surface area contributed by atoms with E-state index in [4.69, 9.17) is 10.2 Å². The van der Waals surface area contributed by atoms with E-state index in [-0.39, 0.29) is 17.7 Å². The summed E-state index contributed by atoms with van der Waals surface area (Å²) in [7, 11) is 0. The van der Waals surface area contributed by atoms with Gasteiger partial charge in [0.2, 0.25) is 11.8 Å². The van der Waals surface area contributed by atoms with Crippen LogP contribution in [-0.2, 0) is 28.9 Å². The number of likely N-dealkylation sites (tertiary alicyclic amines) is 1. The van der Waals surface area contributed by atoms with Crippen LogP contribution in [0.5, 0.6) is 0 Å². The minimum Gasteiger partial charge on any atom is -0.464 e. The lowest BCUT2D eigenvalue weighted by Gasteiger charge is -2.31. The second-order valence-electron chi connectivity index (χ2n) is 6.99. The van der Waals surface area contributed by atoms with Crippen LogP contribution in [0.15, 0.2) is 22.8 Å². The third-order valence-corrected chi connectivity index (χ3v) is 5.39. The molecule has 2 amide bonds. The van der Waals surface area contributed by atoms with E-state index in [2.05, 4.69) is 12.1 Å². The molecular formula is C19H22N2O3. The maximum absolute atomic E-state index is 12.6. The Labute approximate surface area is 140 Å². The van der Waals surface area contributed by atoms with Gasteiger partial charge in [0.15, 0.2) is 0 Å². The number of piperidine rings is 1. The first kappa shape index (κ1) is 15.2. The molecule has 126 valence electrons. The number of aryl methyl sites for hydroxylation is 2. The van der Waals surface area contributed by atoms with Gasteiger partial charge in [0.05, 0.1) is 18.6 Å². The highest BCUT2D eigenvalue weighted by atomic mass is 16.3. The number of nitrogens with two attached hydrogens (primary N) is 1. The van der Waals surface area contributed by atoms with Gasteiger partial charge in [0.25, 0.3) is 0 Å². The smallest absolute Gasteiger partial charge is 0.227 e. The van der Waals surface area contributed by atoms with Crippen LogP contribution in [-0.4, -0.2) is 29.8 Å². The fourth-order valence-corrected chi connectivity index (χ4v) is 4.00. The van der Waals surface area contributed by atoms with Crippen LogP contribution >= 0.6 is 0 Å². The number of fused-ring (bicyclic) bond motifs is 2. The minimum absolute atomic E-state index is 0.0455. The summed E-state index contributed by atoms with van der Waals surface area (Å²) >= 11 is 0. The number of carbonyl (C=O) groups is 2. The summed E-state index contributed by atoms with van der Waals surface area (Å²) in [6.07, 6.45) is 7.04. The van der Waals surface area contributed by atoms with E-state index in [9.17, 15) is 9.59 Å². The number of rotatable bonds is 3. The van der Waals surface area contributed by atoms with Crippen molar-refractivity contribution < 1.29 is 14.0 Å². The van der Waals surface area contributed by atoms with Crippen LogP contribution in [0.25, 0.3) is 11.0 Å². The predicted octanol–water partition coefficient (Wildman–Crippen LogP) is 2.19. The van der Waals surface area contributed by atoms with Crippen LogP contribution in [0.4, 0.5) is 0 Å². The fraction of sp³-hybridized carbons (Fsp3) is 0.474. The molecule has 2 N–H and O–H groups in total. The number of nitrogens with zero attached hydrogens (tertiary/aromatic N) is 1. The molecule has 5 nitrogen and oxygen atoms in total. The molecule has 1 aliphatic heterocycles. The average Bonchev–Trinajstić information content (AvgIpc) is 3.19.